The molecule has 21 heavy (non-hydrogen) atoms. The van der Waals surface area contributed by atoms with Crippen LogP contribution in [-0.4, -0.2) is 16.7 Å². The highest BCUT2D eigenvalue weighted by molar-refractivity contribution is 7.17. The Labute approximate surface area is 123 Å². The molecule has 3 N–H and O–H groups in total. The summed E-state index contributed by atoms with van der Waals surface area (Å²) in [5.41, 5.74) is 5.84. The van der Waals surface area contributed by atoms with Crippen LogP contribution in [0.25, 0.3) is 0 Å². The van der Waals surface area contributed by atoms with E-state index in [4.69, 9.17) is 5.73 Å². The van der Waals surface area contributed by atoms with E-state index in [-0.39, 0.29) is 9.88 Å². The molecule has 1 atom stereocenters. The summed E-state index contributed by atoms with van der Waals surface area (Å²) in [6.45, 7) is 0. The second-order valence-corrected chi connectivity index (χ2v) is 5.18. The summed E-state index contributed by atoms with van der Waals surface area (Å²) in [6, 6.07) is 10.1. The van der Waals surface area contributed by atoms with E-state index >= 15 is 0 Å². The normalized spacial score (nSPS) is 11.6. The summed E-state index contributed by atoms with van der Waals surface area (Å²) >= 11 is 0.735. The minimum Gasteiger partial charge on any atom is -0.368 e. The van der Waals surface area contributed by atoms with Crippen molar-refractivity contribution in [3.8, 4) is 0 Å². The number of carbonyl (C=O) groups is 2. The highest BCUT2D eigenvalue weighted by Crippen LogP contribution is 2.24. The maximum absolute atomic E-state index is 12.0. The molecule has 108 valence electrons. The minimum absolute atomic E-state index is 0.142. The third kappa shape index (κ3) is 3.42. The second kappa shape index (κ2) is 6.14. The molecule has 0 saturated carbocycles. The molecular weight excluding hydrogens is 294 g/mol. The molecule has 0 saturated heterocycles. The Hall–Kier alpha value is -2.74. The average molecular weight is 305 g/mol. The average Bonchev–Trinajstić information content (AvgIpc) is 2.95. The molecule has 1 aromatic carbocycles. The summed E-state index contributed by atoms with van der Waals surface area (Å²) in [7, 11) is 0. The third-order valence-corrected chi connectivity index (χ3v) is 3.72. The monoisotopic (exact) mass is 305 g/mol. The number of nitrogens with two attached hydrogens (primary N) is 1. The van der Waals surface area contributed by atoms with E-state index in [1.54, 1.807) is 30.3 Å². The number of hydrogen-bond donors (Lipinski definition) is 2. The molecule has 1 heterocycles. The van der Waals surface area contributed by atoms with Crippen LogP contribution in [0.15, 0.2) is 42.5 Å². The van der Waals surface area contributed by atoms with Gasteiger partial charge in [0.2, 0.25) is 5.91 Å². The van der Waals surface area contributed by atoms with Crippen molar-refractivity contribution in [2.24, 2.45) is 5.73 Å². The van der Waals surface area contributed by atoms with Crippen molar-refractivity contribution in [1.29, 1.82) is 0 Å². The number of thiophene rings is 1. The molecule has 0 bridgehead atoms. The Morgan fingerprint density at radius 1 is 1.19 bits per heavy atom. The van der Waals surface area contributed by atoms with E-state index in [2.05, 4.69) is 5.32 Å². The lowest BCUT2D eigenvalue weighted by Crippen LogP contribution is -2.37. The van der Waals surface area contributed by atoms with Crippen molar-refractivity contribution in [2.45, 2.75) is 6.04 Å². The first-order chi connectivity index (χ1) is 9.99. The highest BCUT2D eigenvalue weighted by atomic mass is 32.1. The Morgan fingerprint density at radius 2 is 1.86 bits per heavy atom. The molecule has 2 amide bonds. The smallest absolute Gasteiger partial charge is 0.324 e. The summed E-state index contributed by atoms with van der Waals surface area (Å²) < 4.78 is 0. The molecule has 1 aromatic heterocycles. The van der Waals surface area contributed by atoms with E-state index in [1.165, 1.54) is 12.1 Å². The molecule has 0 fully saturated rings. The molecule has 0 radical (unpaired) electrons. The van der Waals surface area contributed by atoms with Gasteiger partial charge in [-0.3, -0.25) is 19.7 Å². The number of benzene rings is 1. The van der Waals surface area contributed by atoms with Gasteiger partial charge in [-0.15, -0.1) is 0 Å². The molecule has 1 unspecified atom stereocenters. The van der Waals surface area contributed by atoms with Crippen molar-refractivity contribution in [3.63, 3.8) is 0 Å². The molecule has 0 aliphatic rings. The van der Waals surface area contributed by atoms with E-state index in [9.17, 15) is 19.7 Å². The molecule has 2 aromatic rings. The van der Waals surface area contributed by atoms with Crippen LogP contribution in [0.4, 0.5) is 5.00 Å². The minimum atomic E-state index is -0.986. The number of nitrogens with one attached hydrogen (secondary N) is 1. The lowest BCUT2D eigenvalue weighted by Gasteiger charge is -2.15. The van der Waals surface area contributed by atoms with Crippen LogP contribution >= 0.6 is 11.3 Å². The van der Waals surface area contributed by atoms with E-state index in [1.807, 2.05) is 0 Å². The highest BCUT2D eigenvalue weighted by Gasteiger charge is 2.22. The zero-order valence-corrected chi connectivity index (χ0v) is 11.5. The molecule has 2 rings (SSSR count). The van der Waals surface area contributed by atoms with Crippen LogP contribution in [0.5, 0.6) is 0 Å². The van der Waals surface area contributed by atoms with Gasteiger partial charge in [0, 0.05) is 6.07 Å². The van der Waals surface area contributed by atoms with Gasteiger partial charge >= 0.3 is 5.00 Å². The van der Waals surface area contributed by atoms with Crippen molar-refractivity contribution in [1.82, 2.24) is 5.32 Å². The zero-order valence-electron chi connectivity index (χ0n) is 10.7. The number of hydrogen-bond acceptors (Lipinski definition) is 5. The largest absolute Gasteiger partial charge is 0.368 e. The summed E-state index contributed by atoms with van der Waals surface area (Å²) in [5.74, 6) is -1.29. The van der Waals surface area contributed by atoms with Crippen LogP contribution in [0.2, 0.25) is 0 Å². The van der Waals surface area contributed by atoms with Gasteiger partial charge in [0.25, 0.3) is 5.91 Å². The topological polar surface area (TPSA) is 115 Å². The van der Waals surface area contributed by atoms with Crippen molar-refractivity contribution in [2.75, 3.05) is 0 Å². The third-order valence-electron chi connectivity index (χ3n) is 2.69. The number of nitrogens with zero attached hydrogens (tertiary/aromatic N) is 1. The fraction of sp³-hybridized carbons (Fsp3) is 0.0769. The summed E-state index contributed by atoms with van der Waals surface area (Å²) in [6.07, 6.45) is 0. The Morgan fingerprint density at radius 3 is 2.38 bits per heavy atom. The van der Waals surface area contributed by atoms with Gasteiger partial charge < -0.3 is 11.1 Å². The molecular formula is C13H11N3O4S. The zero-order chi connectivity index (χ0) is 15.4. The van der Waals surface area contributed by atoms with Crippen LogP contribution in [-0.2, 0) is 4.79 Å². The Balaban J connectivity index is 2.19. The van der Waals surface area contributed by atoms with Gasteiger partial charge in [-0.2, -0.15) is 0 Å². The van der Waals surface area contributed by atoms with E-state index in [0.29, 0.717) is 5.56 Å². The fourth-order valence-electron chi connectivity index (χ4n) is 1.71. The van der Waals surface area contributed by atoms with Gasteiger partial charge in [-0.25, -0.2) is 0 Å². The molecule has 0 spiro atoms. The molecule has 7 nitrogen and oxygen atoms in total. The number of primary amides is 1. The van der Waals surface area contributed by atoms with Crippen LogP contribution in [0, 0.1) is 10.1 Å². The quantitative estimate of drug-likeness (QED) is 0.645. The number of nitro groups is 1. The van der Waals surface area contributed by atoms with Gasteiger partial charge in [0.1, 0.15) is 6.04 Å². The first-order valence-electron chi connectivity index (χ1n) is 5.88. The maximum Gasteiger partial charge on any atom is 0.324 e. The fourth-order valence-corrected chi connectivity index (χ4v) is 2.44. The lowest BCUT2D eigenvalue weighted by atomic mass is 10.1. The Bertz CT molecular complexity index is 684. The van der Waals surface area contributed by atoms with Gasteiger partial charge in [0.15, 0.2) is 0 Å². The van der Waals surface area contributed by atoms with E-state index in [0.717, 1.165) is 11.3 Å². The first-order valence-corrected chi connectivity index (χ1v) is 6.70. The van der Waals surface area contributed by atoms with Crippen LogP contribution in [0.1, 0.15) is 21.3 Å². The summed E-state index contributed by atoms with van der Waals surface area (Å²) in [5, 5.41) is 12.9. The van der Waals surface area contributed by atoms with Crippen molar-refractivity contribution >= 4 is 28.2 Å². The van der Waals surface area contributed by atoms with E-state index < -0.39 is 22.8 Å². The first kappa shape index (κ1) is 14.7. The maximum atomic E-state index is 12.0. The van der Waals surface area contributed by atoms with Crippen molar-refractivity contribution in [3.05, 3.63) is 63.0 Å². The lowest BCUT2D eigenvalue weighted by molar-refractivity contribution is -0.380. The number of carbonyl (C=O) groups excluding carboxylic acids is 2. The predicted octanol–water partition coefficient (Wildman–Crippen LogP) is 1.61. The molecule has 8 heteroatoms. The summed E-state index contributed by atoms with van der Waals surface area (Å²) in [4.78, 5) is 33.7. The second-order valence-electron chi connectivity index (χ2n) is 4.11. The van der Waals surface area contributed by atoms with Gasteiger partial charge in [-0.05, 0) is 11.6 Å². The SMILES string of the molecule is NC(=O)C(NC(=O)c1ccc([N+](=O)[O-])s1)c1ccccc1. The number of rotatable bonds is 5. The Kier molecular flexibility index (Phi) is 4.29. The standard InChI is InChI=1S/C13H11N3O4S/c14-12(17)11(8-4-2-1-3-5-8)15-13(18)9-6-7-10(21-9)16(19)20/h1-7,11H,(H2,14,17)(H,15,18). The molecule has 0 aliphatic heterocycles. The van der Waals surface area contributed by atoms with Crippen molar-refractivity contribution < 1.29 is 14.5 Å². The van der Waals surface area contributed by atoms with Gasteiger partial charge in [-0.1, -0.05) is 41.7 Å². The molecule has 0 aliphatic carbocycles. The van der Waals surface area contributed by atoms with Gasteiger partial charge in [0.05, 0.1) is 9.80 Å². The number of amides is 2. The van der Waals surface area contributed by atoms with Crippen LogP contribution < -0.4 is 11.1 Å². The van der Waals surface area contributed by atoms with Crippen LogP contribution in [0.3, 0.4) is 0 Å². The predicted molar refractivity (Wildman–Crippen MR) is 76.8 cm³/mol.